The smallest absolute Gasteiger partial charge is 0.169 e. The minimum absolute atomic E-state index is 0.391. The van der Waals surface area contributed by atoms with E-state index in [1.54, 1.807) is 19.2 Å². The van der Waals surface area contributed by atoms with E-state index in [4.69, 9.17) is 9.99 Å². The maximum Gasteiger partial charge on any atom is 0.169 e. The fourth-order valence-electron chi connectivity index (χ4n) is 0.885. The second kappa shape index (κ2) is 3.25. The lowest BCUT2D eigenvalue weighted by Crippen LogP contribution is -1.88. The molecule has 11 heavy (non-hydrogen) atoms. The van der Waals surface area contributed by atoms with Crippen LogP contribution in [0.15, 0.2) is 18.2 Å². The highest BCUT2D eigenvalue weighted by Gasteiger charge is 1.97. The van der Waals surface area contributed by atoms with Crippen molar-refractivity contribution in [2.45, 2.75) is 6.92 Å². The van der Waals surface area contributed by atoms with Gasteiger partial charge >= 0.3 is 0 Å². The van der Waals surface area contributed by atoms with Crippen molar-refractivity contribution in [1.29, 1.82) is 0 Å². The fraction of sp³-hybridized carbons (Fsp3) is 0.250. The molecule has 0 aliphatic rings. The maximum absolute atomic E-state index is 8.33. The molecule has 0 unspecified atom stereocenters. The third kappa shape index (κ3) is 1.85. The topological polar surface area (TPSA) is 38.7 Å². The molecule has 0 saturated carbocycles. The molecule has 0 radical (unpaired) electrons. The zero-order valence-corrected chi connectivity index (χ0v) is 6.50. The van der Waals surface area contributed by atoms with Crippen molar-refractivity contribution in [2.75, 3.05) is 7.11 Å². The average Bonchev–Trinajstić information content (AvgIpc) is 2.03. The molecule has 3 heteroatoms. The Hall–Kier alpha value is -1.22. The SMILES string of the molecule is COc1cc(C)cc(OO)c1. The van der Waals surface area contributed by atoms with Gasteiger partial charge in [0.25, 0.3) is 0 Å². The van der Waals surface area contributed by atoms with Crippen molar-refractivity contribution in [3.63, 3.8) is 0 Å². The molecule has 0 fully saturated rings. The number of hydrogen-bond donors (Lipinski definition) is 1. The first kappa shape index (κ1) is 7.88. The molecule has 1 rings (SSSR count). The quantitative estimate of drug-likeness (QED) is 0.522. The first-order chi connectivity index (χ1) is 5.26. The molecule has 1 aromatic rings. The highest BCUT2D eigenvalue weighted by Crippen LogP contribution is 2.21. The number of benzene rings is 1. The highest BCUT2D eigenvalue weighted by atomic mass is 17.1. The van der Waals surface area contributed by atoms with E-state index >= 15 is 0 Å². The van der Waals surface area contributed by atoms with Gasteiger partial charge in [-0.1, -0.05) is 0 Å². The Kier molecular flexibility index (Phi) is 2.33. The van der Waals surface area contributed by atoms with Crippen LogP contribution in [0, 0.1) is 6.92 Å². The highest BCUT2D eigenvalue weighted by molar-refractivity contribution is 5.37. The Morgan fingerprint density at radius 3 is 2.36 bits per heavy atom. The van der Waals surface area contributed by atoms with Crippen molar-refractivity contribution in [1.82, 2.24) is 0 Å². The summed E-state index contributed by atoms with van der Waals surface area (Å²) in [6.07, 6.45) is 0. The predicted molar refractivity (Wildman–Crippen MR) is 41.0 cm³/mol. The fourth-order valence-corrected chi connectivity index (χ4v) is 0.885. The van der Waals surface area contributed by atoms with E-state index in [0.717, 1.165) is 5.56 Å². The van der Waals surface area contributed by atoms with Crippen LogP contribution in [-0.2, 0) is 0 Å². The van der Waals surface area contributed by atoms with Crippen molar-refractivity contribution in [2.24, 2.45) is 0 Å². The summed E-state index contributed by atoms with van der Waals surface area (Å²) in [6, 6.07) is 5.16. The minimum Gasteiger partial charge on any atom is -0.497 e. The molecule has 0 spiro atoms. The molecule has 1 N–H and O–H groups in total. The molecule has 0 aliphatic carbocycles. The van der Waals surface area contributed by atoms with Crippen molar-refractivity contribution < 1.29 is 14.9 Å². The van der Waals surface area contributed by atoms with Gasteiger partial charge in [0, 0.05) is 6.07 Å². The lowest BCUT2D eigenvalue weighted by molar-refractivity contribution is -0.137. The van der Waals surface area contributed by atoms with Gasteiger partial charge < -0.3 is 9.62 Å². The Labute approximate surface area is 65.1 Å². The van der Waals surface area contributed by atoms with Crippen LogP contribution in [0.3, 0.4) is 0 Å². The Bertz CT molecular complexity index is 223. The van der Waals surface area contributed by atoms with Gasteiger partial charge in [-0.15, -0.1) is 0 Å². The summed E-state index contributed by atoms with van der Waals surface area (Å²) in [5.41, 5.74) is 0.980. The van der Waals surface area contributed by atoms with Gasteiger partial charge in [-0.05, 0) is 24.6 Å². The summed E-state index contributed by atoms with van der Waals surface area (Å²) in [7, 11) is 1.57. The van der Waals surface area contributed by atoms with Gasteiger partial charge in [-0.2, -0.15) is 0 Å². The summed E-state index contributed by atoms with van der Waals surface area (Å²) >= 11 is 0. The second-order valence-electron chi connectivity index (χ2n) is 2.28. The van der Waals surface area contributed by atoms with Gasteiger partial charge in [0.2, 0.25) is 0 Å². The van der Waals surface area contributed by atoms with Crippen molar-refractivity contribution in [3.8, 4) is 11.5 Å². The third-order valence-electron chi connectivity index (χ3n) is 1.37. The molecular weight excluding hydrogens is 144 g/mol. The summed E-state index contributed by atoms with van der Waals surface area (Å²) in [5.74, 6) is 1.07. The van der Waals surface area contributed by atoms with Gasteiger partial charge in [0.1, 0.15) is 5.75 Å². The molecule has 1 aromatic carbocycles. The largest absolute Gasteiger partial charge is 0.497 e. The van der Waals surface area contributed by atoms with E-state index in [9.17, 15) is 0 Å². The van der Waals surface area contributed by atoms with Gasteiger partial charge in [0.05, 0.1) is 7.11 Å². The number of hydrogen-bond acceptors (Lipinski definition) is 3. The van der Waals surface area contributed by atoms with Gasteiger partial charge in [-0.3, -0.25) is 0 Å². The number of aryl methyl sites for hydroxylation is 1. The van der Waals surface area contributed by atoms with Gasteiger partial charge in [-0.25, -0.2) is 5.26 Å². The average molecular weight is 154 g/mol. The third-order valence-corrected chi connectivity index (χ3v) is 1.37. The molecule has 0 heterocycles. The standard InChI is InChI=1S/C8H10O3/c1-6-3-7(10-2)5-8(4-6)11-9/h3-5,9H,1-2H3. The summed E-state index contributed by atoms with van der Waals surface area (Å²) < 4.78 is 4.95. The zero-order chi connectivity index (χ0) is 8.27. The van der Waals surface area contributed by atoms with E-state index < -0.39 is 0 Å². The number of methoxy groups -OCH3 is 1. The zero-order valence-electron chi connectivity index (χ0n) is 6.50. The minimum atomic E-state index is 0.391. The lowest BCUT2D eigenvalue weighted by atomic mass is 10.2. The molecule has 0 aliphatic heterocycles. The summed E-state index contributed by atoms with van der Waals surface area (Å²) in [6.45, 7) is 1.89. The van der Waals surface area contributed by atoms with Crippen LogP contribution in [-0.4, -0.2) is 12.4 Å². The van der Waals surface area contributed by atoms with Crippen LogP contribution in [0.2, 0.25) is 0 Å². The summed E-state index contributed by atoms with van der Waals surface area (Å²) in [5, 5.41) is 8.33. The first-order valence-corrected chi connectivity index (χ1v) is 3.23. The van der Waals surface area contributed by atoms with Crippen molar-refractivity contribution >= 4 is 0 Å². The summed E-state index contributed by atoms with van der Waals surface area (Å²) in [4.78, 5) is 4.06. The van der Waals surface area contributed by atoms with E-state index in [1.807, 2.05) is 13.0 Å². The Balaban J connectivity index is 3.02. The molecule has 3 nitrogen and oxygen atoms in total. The number of rotatable bonds is 2. The van der Waals surface area contributed by atoms with Crippen LogP contribution < -0.4 is 9.62 Å². The van der Waals surface area contributed by atoms with Crippen LogP contribution in [0.5, 0.6) is 11.5 Å². The van der Waals surface area contributed by atoms with E-state index in [0.29, 0.717) is 11.5 Å². The van der Waals surface area contributed by atoms with Crippen LogP contribution in [0.1, 0.15) is 5.56 Å². The van der Waals surface area contributed by atoms with Crippen LogP contribution >= 0.6 is 0 Å². The molecule has 0 atom stereocenters. The van der Waals surface area contributed by atoms with Crippen LogP contribution in [0.25, 0.3) is 0 Å². The van der Waals surface area contributed by atoms with E-state index in [1.165, 1.54) is 0 Å². The van der Waals surface area contributed by atoms with Crippen molar-refractivity contribution in [3.05, 3.63) is 23.8 Å². The van der Waals surface area contributed by atoms with Gasteiger partial charge in [0.15, 0.2) is 5.75 Å². The normalized spacial score (nSPS) is 9.36. The molecule has 0 bridgehead atoms. The maximum atomic E-state index is 8.33. The molecule has 0 saturated heterocycles. The lowest BCUT2D eigenvalue weighted by Gasteiger charge is -2.02. The Morgan fingerprint density at radius 2 is 1.82 bits per heavy atom. The molecule has 0 aromatic heterocycles. The van der Waals surface area contributed by atoms with E-state index in [-0.39, 0.29) is 0 Å². The van der Waals surface area contributed by atoms with Crippen LogP contribution in [0.4, 0.5) is 0 Å². The Morgan fingerprint density at radius 1 is 1.18 bits per heavy atom. The molecular formula is C8H10O3. The molecule has 0 amide bonds. The monoisotopic (exact) mass is 154 g/mol. The number of ether oxygens (including phenoxy) is 1. The second-order valence-corrected chi connectivity index (χ2v) is 2.28. The first-order valence-electron chi connectivity index (χ1n) is 3.23. The predicted octanol–water partition coefficient (Wildman–Crippen LogP) is 1.86. The molecule has 60 valence electrons. The van der Waals surface area contributed by atoms with E-state index in [2.05, 4.69) is 4.89 Å².